The largest absolute Gasteiger partial charge is 0.392 e. The van der Waals surface area contributed by atoms with Crippen LogP contribution < -0.4 is 4.90 Å². The van der Waals surface area contributed by atoms with Gasteiger partial charge in [0, 0.05) is 0 Å². The monoisotopic (exact) mass is 400 g/mol. The molecule has 0 spiro atoms. The fraction of sp³-hybridized carbons (Fsp3) is 0.0833. The molecule has 29 heavy (non-hydrogen) atoms. The van der Waals surface area contributed by atoms with Crippen molar-refractivity contribution in [1.29, 1.82) is 0 Å². The number of benzene rings is 3. The molecule has 1 fully saturated rings. The van der Waals surface area contributed by atoms with Gasteiger partial charge in [0.2, 0.25) is 0 Å². The van der Waals surface area contributed by atoms with Crippen molar-refractivity contribution in [2.75, 3.05) is 4.90 Å². The van der Waals surface area contributed by atoms with Crippen LogP contribution in [0.2, 0.25) is 0 Å². The lowest BCUT2D eigenvalue weighted by molar-refractivity contribution is -0.113. The van der Waals surface area contributed by atoms with Crippen LogP contribution in [0, 0.1) is 0 Å². The predicted octanol–water partition coefficient (Wildman–Crippen LogP) is 4.86. The second kappa shape index (κ2) is 8.90. The van der Waals surface area contributed by atoms with Crippen molar-refractivity contribution < 1.29 is 9.90 Å². The Balaban J connectivity index is 1.66. The normalized spacial score (nSPS) is 16.7. The van der Waals surface area contributed by atoms with E-state index in [9.17, 15) is 9.90 Å². The van der Waals surface area contributed by atoms with E-state index in [0.29, 0.717) is 16.6 Å². The molecule has 0 saturated carbocycles. The summed E-state index contributed by atoms with van der Waals surface area (Å²) >= 11 is 1.38. The lowest BCUT2D eigenvalue weighted by Crippen LogP contribution is -2.28. The molecule has 1 saturated heterocycles. The summed E-state index contributed by atoms with van der Waals surface area (Å²) in [5.41, 5.74) is 3.65. The molecule has 0 bridgehead atoms. The summed E-state index contributed by atoms with van der Waals surface area (Å²) in [7, 11) is 0. The molecular weight excluding hydrogens is 380 g/mol. The Morgan fingerprint density at radius 2 is 1.52 bits per heavy atom. The maximum atomic E-state index is 13.2. The number of amidine groups is 1. The van der Waals surface area contributed by atoms with Gasteiger partial charge in [-0.25, -0.2) is 0 Å². The SMILES string of the molecule is O=C1C(=Cc2ccc(CO)cc2)SC(=NCc2ccccc2)N1c1ccccc1. The van der Waals surface area contributed by atoms with Gasteiger partial charge in [0.15, 0.2) is 5.17 Å². The maximum Gasteiger partial charge on any atom is 0.271 e. The zero-order chi connectivity index (χ0) is 20.1. The van der Waals surface area contributed by atoms with Crippen LogP contribution in [0.1, 0.15) is 16.7 Å². The van der Waals surface area contributed by atoms with Gasteiger partial charge in [0.1, 0.15) is 0 Å². The van der Waals surface area contributed by atoms with Gasteiger partial charge < -0.3 is 5.11 Å². The summed E-state index contributed by atoms with van der Waals surface area (Å²) in [6.45, 7) is 0.515. The van der Waals surface area contributed by atoms with Crippen molar-refractivity contribution in [3.8, 4) is 0 Å². The molecular formula is C24H20N2O2S. The Morgan fingerprint density at radius 3 is 2.17 bits per heavy atom. The quantitative estimate of drug-likeness (QED) is 0.623. The number of thioether (sulfide) groups is 1. The number of rotatable bonds is 5. The highest BCUT2D eigenvalue weighted by Crippen LogP contribution is 2.36. The minimum Gasteiger partial charge on any atom is -0.392 e. The zero-order valence-electron chi connectivity index (χ0n) is 15.7. The summed E-state index contributed by atoms with van der Waals surface area (Å²) in [4.78, 5) is 20.2. The van der Waals surface area contributed by atoms with Crippen LogP contribution in [0.3, 0.4) is 0 Å². The number of hydrogen-bond acceptors (Lipinski definition) is 4. The molecule has 1 amide bonds. The first-order valence-electron chi connectivity index (χ1n) is 9.32. The molecule has 0 atom stereocenters. The van der Waals surface area contributed by atoms with Crippen LogP contribution in [-0.2, 0) is 17.9 Å². The molecule has 0 radical (unpaired) electrons. The zero-order valence-corrected chi connectivity index (χ0v) is 16.5. The summed E-state index contributed by atoms with van der Waals surface area (Å²) in [5.74, 6) is -0.0840. The molecule has 1 aliphatic rings. The van der Waals surface area contributed by atoms with Crippen molar-refractivity contribution in [1.82, 2.24) is 0 Å². The first-order chi connectivity index (χ1) is 14.2. The minimum atomic E-state index is -0.0840. The third-order valence-electron chi connectivity index (χ3n) is 4.52. The molecule has 3 aromatic rings. The van der Waals surface area contributed by atoms with Gasteiger partial charge in [0.05, 0.1) is 23.7 Å². The summed E-state index contributed by atoms with van der Waals surface area (Å²) < 4.78 is 0. The summed E-state index contributed by atoms with van der Waals surface area (Å²) in [6.07, 6.45) is 1.87. The van der Waals surface area contributed by atoms with Crippen molar-refractivity contribution in [2.45, 2.75) is 13.2 Å². The van der Waals surface area contributed by atoms with E-state index in [1.54, 1.807) is 4.90 Å². The van der Waals surface area contributed by atoms with Crippen molar-refractivity contribution >= 4 is 34.6 Å². The van der Waals surface area contributed by atoms with Crippen LogP contribution in [0.15, 0.2) is 94.8 Å². The van der Waals surface area contributed by atoms with Crippen LogP contribution in [0.5, 0.6) is 0 Å². The topological polar surface area (TPSA) is 52.9 Å². The highest BCUT2D eigenvalue weighted by Gasteiger charge is 2.34. The number of aliphatic hydroxyl groups is 1. The lowest BCUT2D eigenvalue weighted by atomic mass is 10.1. The third kappa shape index (κ3) is 4.47. The van der Waals surface area contributed by atoms with Crippen LogP contribution in [-0.4, -0.2) is 16.2 Å². The fourth-order valence-corrected chi connectivity index (χ4v) is 3.98. The van der Waals surface area contributed by atoms with Gasteiger partial charge in [-0.1, -0.05) is 72.8 Å². The number of hydrogen-bond donors (Lipinski definition) is 1. The summed E-state index contributed by atoms with van der Waals surface area (Å²) in [5, 5.41) is 9.88. The van der Waals surface area contributed by atoms with Gasteiger partial charge in [-0.15, -0.1) is 0 Å². The van der Waals surface area contributed by atoms with E-state index < -0.39 is 0 Å². The first kappa shape index (κ1) is 19.2. The number of anilines is 1. The van der Waals surface area contributed by atoms with Crippen LogP contribution in [0.25, 0.3) is 6.08 Å². The average molecular weight is 401 g/mol. The molecule has 0 aliphatic carbocycles. The van der Waals surface area contributed by atoms with E-state index in [1.165, 1.54) is 11.8 Å². The lowest BCUT2D eigenvalue weighted by Gasteiger charge is -2.15. The average Bonchev–Trinajstić information content (AvgIpc) is 3.09. The second-order valence-electron chi connectivity index (χ2n) is 6.57. The third-order valence-corrected chi connectivity index (χ3v) is 5.53. The van der Waals surface area contributed by atoms with E-state index >= 15 is 0 Å². The number of aliphatic imine (C=N–C) groups is 1. The highest BCUT2D eigenvalue weighted by molar-refractivity contribution is 8.19. The molecule has 0 aromatic heterocycles. The molecule has 144 valence electrons. The summed E-state index contributed by atoms with van der Waals surface area (Å²) in [6, 6.07) is 27.1. The van der Waals surface area contributed by atoms with Crippen molar-refractivity contribution in [2.24, 2.45) is 4.99 Å². The molecule has 4 nitrogen and oxygen atoms in total. The van der Waals surface area contributed by atoms with Gasteiger partial charge in [-0.2, -0.15) is 0 Å². The Hall–Kier alpha value is -3.15. The maximum absolute atomic E-state index is 13.2. The minimum absolute atomic E-state index is 0.00259. The number of para-hydroxylation sites is 1. The number of amides is 1. The Morgan fingerprint density at radius 1 is 0.862 bits per heavy atom. The van der Waals surface area contributed by atoms with Crippen LogP contribution >= 0.6 is 11.8 Å². The molecule has 4 rings (SSSR count). The standard InChI is InChI=1S/C24H20N2O2S/c27-17-20-13-11-18(12-14-20)15-22-23(28)26(21-9-5-2-6-10-21)24(29-22)25-16-19-7-3-1-4-8-19/h1-15,27H,16-17H2. The van der Waals surface area contributed by atoms with Crippen molar-refractivity contribution in [3.05, 3.63) is 107 Å². The molecule has 1 heterocycles. The number of nitrogens with zero attached hydrogens (tertiary/aromatic N) is 2. The fourth-order valence-electron chi connectivity index (χ4n) is 3.00. The molecule has 0 unspecified atom stereocenters. The Kier molecular flexibility index (Phi) is 5.89. The van der Waals surface area contributed by atoms with E-state index in [1.807, 2.05) is 91.0 Å². The van der Waals surface area contributed by atoms with E-state index in [0.717, 1.165) is 22.4 Å². The van der Waals surface area contributed by atoms with E-state index in [2.05, 4.69) is 0 Å². The van der Waals surface area contributed by atoms with Gasteiger partial charge in [-0.3, -0.25) is 14.7 Å². The van der Waals surface area contributed by atoms with Gasteiger partial charge in [-0.05, 0) is 46.7 Å². The van der Waals surface area contributed by atoms with E-state index in [4.69, 9.17) is 4.99 Å². The molecule has 3 aromatic carbocycles. The van der Waals surface area contributed by atoms with Gasteiger partial charge >= 0.3 is 0 Å². The van der Waals surface area contributed by atoms with E-state index in [-0.39, 0.29) is 12.5 Å². The van der Waals surface area contributed by atoms with Crippen LogP contribution in [0.4, 0.5) is 5.69 Å². The molecule has 5 heteroatoms. The number of carbonyl (C=O) groups is 1. The molecule has 1 aliphatic heterocycles. The number of aliphatic hydroxyl groups excluding tert-OH is 1. The first-order valence-corrected chi connectivity index (χ1v) is 10.1. The van der Waals surface area contributed by atoms with Crippen molar-refractivity contribution in [3.63, 3.8) is 0 Å². The van der Waals surface area contributed by atoms with Gasteiger partial charge in [0.25, 0.3) is 5.91 Å². The predicted molar refractivity (Wildman–Crippen MR) is 119 cm³/mol. The number of carbonyl (C=O) groups excluding carboxylic acids is 1. The second-order valence-corrected chi connectivity index (χ2v) is 7.58. The Labute approximate surface area is 174 Å². The Bertz CT molecular complexity index is 1050. The molecule has 1 N–H and O–H groups in total. The smallest absolute Gasteiger partial charge is 0.271 e. The highest BCUT2D eigenvalue weighted by atomic mass is 32.2.